The Morgan fingerprint density at radius 1 is 0.628 bits per heavy atom. The zero-order valence-electron chi connectivity index (χ0n) is 24.4. The van der Waals surface area contributed by atoms with Crippen molar-refractivity contribution in [3.8, 4) is 22.5 Å². The largest absolute Gasteiger partial charge is 0.350 e. The number of para-hydroxylation sites is 2. The Balaban J connectivity index is 0.000000213. The Morgan fingerprint density at radius 3 is 2.14 bits per heavy atom. The Morgan fingerprint density at radius 2 is 1.37 bits per heavy atom. The molecule has 4 aromatic carbocycles. The van der Waals surface area contributed by atoms with Crippen molar-refractivity contribution < 1.29 is 20.1 Å². The SMILES string of the molecule is CC(C)(C)Cc1ccnc(-c2[c-]cc3c(c2)c2cccc4c5ccccc5n3c24)c1.[Ir].[c-]1ccccc1-c1ccccn1. The van der Waals surface area contributed by atoms with Gasteiger partial charge in [0, 0.05) is 48.8 Å². The minimum Gasteiger partial charge on any atom is -0.350 e. The van der Waals surface area contributed by atoms with Crippen LogP contribution in [-0.2, 0) is 26.5 Å². The molecule has 0 atom stereocenters. The fourth-order valence-electron chi connectivity index (χ4n) is 5.94. The van der Waals surface area contributed by atoms with Crippen LogP contribution in [0.5, 0.6) is 0 Å². The number of hydrogen-bond donors (Lipinski definition) is 0. The summed E-state index contributed by atoms with van der Waals surface area (Å²) in [6.07, 6.45) is 4.75. The third-order valence-electron chi connectivity index (χ3n) is 7.64. The molecular weight excluding hydrogens is 703 g/mol. The van der Waals surface area contributed by atoms with Gasteiger partial charge in [0.2, 0.25) is 0 Å². The Kier molecular flexibility index (Phi) is 7.83. The molecule has 0 saturated carbocycles. The second kappa shape index (κ2) is 11.7. The quantitative estimate of drug-likeness (QED) is 0.169. The van der Waals surface area contributed by atoms with Crippen LogP contribution in [0.2, 0.25) is 0 Å². The normalized spacial score (nSPS) is 11.5. The van der Waals surface area contributed by atoms with Gasteiger partial charge in [-0.3, -0.25) is 0 Å². The van der Waals surface area contributed by atoms with Crippen LogP contribution in [0.25, 0.3) is 60.6 Å². The van der Waals surface area contributed by atoms with Crippen molar-refractivity contribution in [1.29, 1.82) is 0 Å². The van der Waals surface area contributed by atoms with E-state index in [4.69, 9.17) is 0 Å². The molecule has 0 aliphatic rings. The third-order valence-corrected chi connectivity index (χ3v) is 7.64. The van der Waals surface area contributed by atoms with Crippen molar-refractivity contribution in [3.05, 3.63) is 139 Å². The molecule has 0 N–H and O–H groups in total. The topological polar surface area (TPSA) is 30.2 Å². The summed E-state index contributed by atoms with van der Waals surface area (Å²) in [6, 6.07) is 44.4. The first-order valence-electron chi connectivity index (χ1n) is 14.4. The van der Waals surface area contributed by atoms with Crippen molar-refractivity contribution in [2.24, 2.45) is 5.41 Å². The van der Waals surface area contributed by atoms with Crippen LogP contribution in [0.4, 0.5) is 0 Å². The molecule has 4 heteroatoms. The van der Waals surface area contributed by atoms with Crippen molar-refractivity contribution >= 4 is 38.1 Å². The van der Waals surface area contributed by atoms with Crippen LogP contribution in [0.1, 0.15) is 26.3 Å². The first-order chi connectivity index (χ1) is 20.5. The number of fused-ring (bicyclic) bond motifs is 6. The first-order valence-corrected chi connectivity index (χ1v) is 14.4. The molecule has 8 rings (SSSR count). The zero-order valence-corrected chi connectivity index (χ0v) is 26.8. The fraction of sp³-hybridized carbons (Fsp3) is 0.128. The van der Waals surface area contributed by atoms with Crippen LogP contribution in [0.3, 0.4) is 0 Å². The van der Waals surface area contributed by atoms with E-state index in [1.165, 1.54) is 43.7 Å². The van der Waals surface area contributed by atoms with Gasteiger partial charge in [0.25, 0.3) is 0 Å². The van der Waals surface area contributed by atoms with Gasteiger partial charge in [0.15, 0.2) is 0 Å². The van der Waals surface area contributed by atoms with E-state index >= 15 is 0 Å². The smallest absolute Gasteiger partial charge is 0.0516 e. The van der Waals surface area contributed by atoms with Crippen LogP contribution in [0, 0.1) is 17.5 Å². The van der Waals surface area contributed by atoms with Gasteiger partial charge in [-0.15, -0.1) is 59.7 Å². The van der Waals surface area contributed by atoms with Crippen molar-refractivity contribution in [3.63, 3.8) is 0 Å². The molecule has 0 spiro atoms. The molecule has 1 radical (unpaired) electrons. The summed E-state index contributed by atoms with van der Waals surface area (Å²) < 4.78 is 2.39. The van der Waals surface area contributed by atoms with Crippen LogP contribution >= 0.6 is 0 Å². The number of aromatic nitrogens is 3. The van der Waals surface area contributed by atoms with Gasteiger partial charge in [0.1, 0.15) is 0 Å². The van der Waals surface area contributed by atoms with E-state index in [1.54, 1.807) is 6.20 Å². The molecular formula is C39H31IrN3-2. The van der Waals surface area contributed by atoms with Crippen molar-refractivity contribution in [2.45, 2.75) is 27.2 Å². The predicted octanol–water partition coefficient (Wildman–Crippen LogP) is 9.83. The van der Waals surface area contributed by atoms with Gasteiger partial charge in [-0.05, 0) is 52.3 Å². The summed E-state index contributed by atoms with van der Waals surface area (Å²) in [5.41, 5.74) is 9.39. The molecule has 0 aliphatic carbocycles. The van der Waals surface area contributed by atoms with E-state index in [1.807, 2.05) is 48.7 Å². The van der Waals surface area contributed by atoms with Gasteiger partial charge >= 0.3 is 0 Å². The maximum Gasteiger partial charge on any atom is 0.0516 e. The molecule has 0 amide bonds. The van der Waals surface area contributed by atoms with E-state index in [9.17, 15) is 0 Å². The molecule has 213 valence electrons. The summed E-state index contributed by atoms with van der Waals surface area (Å²) in [7, 11) is 0. The van der Waals surface area contributed by atoms with Crippen LogP contribution in [0.15, 0.2) is 122 Å². The summed E-state index contributed by atoms with van der Waals surface area (Å²) in [5, 5.41) is 5.17. The first kappa shape index (κ1) is 28.7. The van der Waals surface area contributed by atoms with E-state index in [2.05, 4.69) is 114 Å². The molecule has 0 fully saturated rings. The third kappa shape index (κ3) is 5.57. The van der Waals surface area contributed by atoms with Gasteiger partial charge in [-0.1, -0.05) is 86.3 Å². The Labute approximate surface area is 265 Å². The van der Waals surface area contributed by atoms with Crippen LogP contribution in [-0.4, -0.2) is 14.4 Å². The Hall–Kier alpha value is -4.37. The molecule has 4 heterocycles. The second-order valence-electron chi connectivity index (χ2n) is 12.0. The Bertz CT molecular complexity index is 2100. The number of nitrogens with zero attached hydrogens (tertiary/aromatic N) is 3. The minimum absolute atomic E-state index is 0. The maximum absolute atomic E-state index is 4.66. The number of hydrogen-bond acceptors (Lipinski definition) is 2. The zero-order chi connectivity index (χ0) is 28.7. The molecule has 0 bridgehead atoms. The molecule has 4 aromatic heterocycles. The number of benzene rings is 4. The minimum atomic E-state index is 0. The standard InChI is InChI=1S/C28H23N2.C11H8N.Ir/c1-28(2,3)17-18-13-14-29-24(15-18)19-11-12-26-23(16-19)22-9-6-8-21-20-7-4-5-10-25(20)30(26)27(21)22;1-2-6-10(7-3-1)11-8-4-5-9-12-11;/h4-10,12-16H,17H2,1-3H3;1-6,8-9H;/q2*-1;. The second-order valence-corrected chi connectivity index (χ2v) is 12.0. The van der Waals surface area contributed by atoms with E-state index in [0.717, 1.165) is 28.9 Å². The van der Waals surface area contributed by atoms with Crippen molar-refractivity contribution in [2.75, 3.05) is 0 Å². The molecule has 0 aliphatic heterocycles. The molecule has 0 unspecified atom stereocenters. The number of pyridine rings is 2. The average Bonchev–Trinajstić information content (AvgIpc) is 3.54. The van der Waals surface area contributed by atoms with E-state index in [0.29, 0.717) is 0 Å². The summed E-state index contributed by atoms with van der Waals surface area (Å²) in [6.45, 7) is 6.82. The monoisotopic (exact) mass is 734 g/mol. The fourth-order valence-corrected chi connectivity index (χ4v) is 5.94. The van der Waals surface area contributed by atoms with Crippen LogP contribution < -0.4 is 0 Å². The van der Waals surface area contributed by atoms with E-state index in [-0.39, 0.29) is 25.5 Å². The molecule has 3 nitrogen and oxygen atoms in total. The summed E-state index contributed by atoms with van der Waals surface area (Å²) in [5.74, 6) is 0. The number of rotatable bonds is 3. The maximum atomic E-state index is 4.66. The summed E-state index contributed by atoms with van der Waals surface area (Å²) >= 11 is 0. The van der Waals surface area contributed by atoms with Gasteiger partial charge < -0.3 is 14.4 Å². The molecule has 8 aromatic rings. The van der Waals surface area contributed by atoms with Gasteiger partial charge in [0.05, 0.1) is 5.52 Å². The van der Waals surface area contributed by atoms with Crippen molar-refractivity contribution in [1.82, 2.24) is 14.4 Å². The molecule has 43 heavy (non-hydrogen) atoms. The average molecular weight is 734 g/mol. The van der Waals surface area contributed by atoms with Gasteiger partial charge in [-0.2, -0.15) is 0 Å². The molecule has 0 saturated heterocycles. The summed E-state index contributed by atoms with van der Waals surface area (Å²) in [4.78, 5) is 8.88. The van der Waals surface area contributed by atoms with Gasteiger partial charge in [-0.25, -0.2) is 0 Å². The predicted molar refractivity (Wildman–Crippen MR) is 175 cm³/mol. The van der Waals surface area contributed by atoms with E-state index < -0.39 is 0 Å².